The van der Waals surface area contributed by atoms with E-state index < -0.39 is 0 Å². The van der Waals surface area contributed by atoms with Gasteiger partial charge in [-0.15, -0.1) is 0 Å². The molecule has 3 heteroatoms. The van der Waals surface area contributed by atoms with E-state index in [1.165, 1.54) is 17.3 Å². The first-order valence-electron chi connectivity index (χ1n) is 4.64. The number of aryl methyl sites for hydroxylation is 1. The van der Waals surface area contributed by atoms with Crippen molar-refractivity contribution in [1.82, 2.24) is 0 Å². The molecular weight excluding hydrogens is 194 g/mol. The van der Waals surface area contributed by atoms with E-state index >= 15 is 0 Å². The Labute approximate surface area is 89.1 Å². The Morgan fingerprint density at radius 2 is 2.14 bits per heavy atom. The van der Waals surface area contributed by atoms with Gasteiger partial charge in [0.05, 0.1) is 5.75 Å². The second-order valence-electron chi connectivity index (χ2n) is 2.99. The Morgan fingerprint density at radius 3 is 2.79 bits per heavy atom. The monoisotopic (exact) mass is 209 g/mol. The molecule has 0 aliphatic rings. The highest BCUT2D eigenvalue weighted by Gasteiger charge is 2.03. The van der Waals surface area contributed by atoms with E-state index in [1.54, 1.807) is 0 Å². The van der Waals surface area contributed by atoms with Crippen LogP contribution < -0.4 is 5.32 Å². The number of anilines is 1. The van der Waals surface area contributed by atoms with Gasteiger partial charge in [-0.05, 0) is 24.3 Å². The largest absolute Gasteiger partial charge is 0.325 e. The lowest BCUT2D eigenvalue weighted by Crippen LogP contribution is -2.14. The standard InChI is InChI=1S/C11H15NOS/c1-3-9-6-4-5-7-10(9)12-11(13)8-14-2/h4-7H,3,8H2,1-2H3,(H,12,13). The summed E-state index contributed by atoms with van der Waals surface area (Å²) < 4.78 is 0. The van der Waals surface area contributed by atoms with Gasteiger partial charge in [-0.25, -0.2) is 0 Å². The molecule has 0 unspecified atom stereocenters. The minimum atomic E-state index is 0.0680. The fourth-order valence-electron chi connectivity index (χ4n) is 1.27. The maximum Gasteiger partial charge on any atom is 0.234 e. The zero-order valence-corrected chi connectivity index (χ0v) is 9.36. The second-order valence-corrected chi connectivity index (χ2v) is 3.86. The maximum absolute atomic E-state index is 11.3. The SMILES string of the molecule is CCc1ccccc1NC(=O)CSC. The topological polar surface area (TPSA) is 29.1 Å². The van der Waals surface area contributed by atoms with Crippen molar-refractivity contribution in [2.75, 3.05) is 17.3 Å². The maximum atomic E-state index is 11.3. The number of amides is 1. The third-order valence-electron chi connectivity index (χ3n) is 1.95. The number of carbonyl (C=O) groups is 1. The summed E-state index contributed by atoms with van der Waals surface area (Å²) in [6.45, 7) is 2.08. The Hall–Kier alpha value is -0.960. The van der Waals surface area contributed by atoms with E-state index in [4.69, 9.17) is 0 Å². The van der Waals surface area contributed by atoms with Gasteiger partial charge in [-0.1, -0.05) is 25.1 Å². The molecule has 76 valence electrons. The Morgan fingerprint density at radius 1 is 1.43 bits per heavy atom. The van der Waals surface area contributed by atoms with E-state index in [0.29, 0.717) is 5.75 Å². The molecule has 0 aliphatic heterocycles. The Kier molecular flexibility index (Phi) is 4.53. The van der Waals surface area contributed by atoms with Crippen LogP contribution in [0.15, 0.2) is 24.3 Å². The van der Waals surface area contributed by atoms with Crippen LogP contribution in [0.3, 0.4) is 0 Å². The minimum Gasteiger partial charge on any atom is -0.325 e. The molecule has 1 amide bonds. The highest BCUT2D eigenvalue weighted by Crippen LogP contribution is 2.15. The lowest BCUT2D eigenvalue weighted by molar-refractivity contribution is -0.113. The van der Waals surface area contributed by atoms with Gasteiger partial charge >= 0.3 is 0 Å². The molecule has 0 saturated carbocycles. The zero-order chi connectivity index (χ0) is 10.4. The van der Waals surface area contributed by atoms with E-state index in [9.17, 15) is 4.79 Å². The third-order valence-corrected chi connectivity index (χ3v) is 2.50. The molecule has 0 spiro atoms. The van der Waals surface area contributed by atoms with Crippen LogP contribution >= 0.6 is 11.8 Å². The first kappa shape index (κ1) is 11.1. The van der Waals surface area contributed by atoms with Crippen LogP contribution in [-0.2, 0) is 11.2 Å². The summed E-state index contributed by atoms with van der Waals surface area (Å²) in [5.41, 5.74) is 2.12. The van der Waals surface area contributed by atoms with Gasteiger partial charge in [-0.3, -0.25) is 4.79 Å². The van der Waals surface area contributed by atoms with Crippen molar-refractivity contribution in [3.63, 3.8) is 0 Å². The number of rotatable bonds is 4. The number of para-hydroxylation sites is 1. The number of benzene rings is 1. The van der Waals surface area contributed by atoms with E-state index in [1.807, 2.05) is 30.5 Å². The molecule has 1 aromatic rings. The van der Waals surface area contributed by atoms with Crippen molar-refractivity contribution in [2.45, 2.75) is 13.3 Å². The predicted octanol–water partition coefficient (Wildman–Crippen LogP) is 2.55. The number of hydrogen-bond acceptors (Lipinski definition) is 2. The highest BCUT2D eigenvalue weighted by molar-refractivity contribution is 7.99. The van der Waals surface area contributed by atoms with Gasteiger partial charge in [0.1, 0.15) is 0 Å². The molecule has 0 fully saturated rings. The molecular formula is C11H15NOS. The average molecular weight is 209 g/mol. The van der Waals surface area contributed by atoms with E-state index in [0.717, 1.165) is 12.1 Å². The first-order chi connectivity index (χ1) is 6.77. The molecule has 2 nitrogen and oxygen atoms in total. The summed E-state index contributed by atoms with van der Waals surface area (Å²) in [4.78, 5) is 11.3. The fourth-order valence-corrected chi connectivity index (χ4v) is 1.60. The van der Waals surface area contributed by atoms with Crippen molar-refractivity contribution in [1.29, 1.82) is 0 Å². The summed E-state index contributed by atoms with van der Waals surface area (Å²) in [5, 5.41) is 2.90. The molecule has 0 heterocycles. The molecule has 0 aromatic heterocycles. The lowest BCUT2D eigenvalue weighted by atomic mass is 10.1. The number of carbonyl (C=O) groups excluding carboxylic acids is 1. The fraction of sp³-hybridized carbons (Fsp3) is 0.364. The lowest BCUT2D eigenvalue weighted by Gasteiger charge is -2.08. The van der Waals surface area contributed by atoms with Crippen molar-refractivity contribution in [3.05, 3.63) is 29.8 Å². The van der Waals surface area contributed by atoms with Gasteiger partial charge in [0, 0.05) is 5.69 Å². The van der Waals surface area contributed by atoms with Crippen LogP contribution in [0.1, 0.15) is 12.5 Å². The smallest absolute Gasteiger partial charge is 0.234 e. The van der Waals surface area contributed by atoms with Gasteiger partial charge in [0.15, 0.2) is 0 Å². The van der Waals surface area contributed by atoms with Crippen molar-refractivity contribution in [3.8, 4) is 0 Å². The molecule has 14 heavy (non-hydrogen) atoms. The van der Waals surface area contributed by atoms with Gasteiger partial charge in [0.2, 0.25) is 5.91 Å². The van der Waals surface area contributed by atoms with Gasteiger partial charge in [0.25, 0.3) is 0 Å². The van der Waals surface area contributed by atoms with Crippen LogP contribution in [0.2, 0.25) is 0 Å². The predicted molar refractivity (Wildman–Crippen MR) is 62.8 cm³/mol. The van der Waals surface area contributed by atoms with Gasteiger partial charge < -0.3 is 5.32 Å². The number of hydrogen-bond donors (Lipinski definition) is 1. The second kappa shape index (κ2) is 5.70. The molecule has 1 aromatic carbocycles. The Balaban J connectivity index is 2.70. The quantitative estimate of drug-likeness (QED) is 0.825. The molecule has 0 atom stereocenters. The summed E-state index contributed by atoms with van der Waals surface area (Å²) in [6, 6.07) is 7.91. The molecule has 1 rings (SSSR count). The molecule has 0 saturated heterocycles. The van der Waals surface area contributed by atoms with Crippen LogP contribution in [0.4, 0.5) is 5.69 Å². The van der Waals surface area contributed by atoms with Crippen LogP contribution in [0.25, 0.3) is 0 Å². The first-order valence-corrected chi connectivity index (χ1v) is 6.04. The van der Waals surface area contributed by atoms with Crippen molar-refractivity contribution >= 4 is 23.4 Å². The third kappa shape index (κ3) is 3.07. The zero-order valence-electron chi connectivity index (χ0n) is 8.54. The summed E-state index contributed by atoms with van der Waals surface area (Å²) in [6.07, 6.45) is 2.86. The highest BCUT2D eigenvalue weighted by atomic mass is 32.2. The van der Waals surface area contributed by atoms with Gasteiger partial charge in [-0.2, -0.15) is 11.8 Å². The minimum absolute atomic E-state index is 0.0680. The normalized spacial score (nSPS) is 9.86. The average Bonchev–Trinajstić information content (AvgIpc) is 2.19. The molecule has 1 N–H and O–H groups in total. The van der Waals surface area contributed by atoms with E-state index in [2.05, 4.69) is 12.2 Å². The summed E-state index contributed by atoms with van der Waals surface area (Å²) in [7, 11) is 0. The molecule has 0 aliphatic carbocycles. The van der Waals surface area contributed by atoms with Crippen LogP contribution in [-0.4, -0.2) is 17.9 Å². The molecule has 0 bridgehead atoms. The summed E-state index contributed by atoms with van der Waals surface area (Å²) >= 11 is 1.53. The number of thioether (sulfide) groups is 1. The van der Waals surface area contributed by atoms with Crippen LogP contribution in [0, 0.1) is 0 Å². The van der Waals surface area contributed by atoms with Crippen LogP contribution in [0.5, 0.6) is 0 Å². The van der Waals surface area contributed by atoms with Crippen molar-refractivity contribution in [2.24, 2.45) is 0 Å². The molecule has 0 radical (unpaired) electrons. The van der Waals surface area contributed by atoms with Crippen molar-refractivity contribution < 1.29 is 4.79 Å². The van der Waals surface area contributed by atoms with E-state index in [-0.39, 0.29) is 5.91 Å². The summed E-state index contributed by atoms with van der Waals surface area (Å²) in [5.74, 6) is 0.580. The number of nitrogens with one attached hydrogen (secondary N) is 1. The Bertz CT molecular complexity index is 312.